The molecule has 0 fully saturated rings. The van der Waals surface area contributed by atoms with Crippen LogP contribution in [0.3, 0.4) is 0 Å². The fourth-order valence-electron chi connectivity index (χ4n) is 3.33. The zero-order valence-electron chi connectivity index (χ0n) is 16.5. The first-order valence-electron chi connectivity index (χ1n) is 9.78. The lowest BCUT2D eigenvalue weighted by atomic mass is 10.1. The maximum atomic E-state index is 10.7. The second kappa shape index (κ2) is 10.8. The minimum atomic E-state index is -0.741. The summed E-state index contributed by atoms with van der Waals surface area (Å²) < 4.78 is 0. The zero-order valence-corrected chi connectivity index (χ0v) is 18.0. The molecule has 2 atom stereocenters. The van der Waals surface area contributed by atoms with E-state index in [-0.39, 0.29) is 5.75 Å². The van der Waals surface area contributed by atoms with Gasteiger partial charge in [0.15, 0.2) is 0 Å². The summed E-state index contributed by atoms with van der Waals surface area (Å²) in [6.07, 6.45) is -0.768. The molecule has 0 spiro atoms. The molecular formula is C24H25Cl2NO3. The van der Waals surface area contributed by atoms with E-state index >= 15 is 0 Å². The molecular weight excluding hydrogens is 421 g/mol. The van der Waals surface area contributed by atoms with Crippen molar-refractivity contribution in [1.82, 2.24) is 4.90 Å². The van der Waals surface area contributed by atoms with Crippen LogP contribution in [0.5, 0.6) is 5.75 Å². The first kappa shape index (κ1) is 22.6. The topological polar surface area (TPSA) is 63.9 Å². The van der Waals surface area contributed by atoms with Crippen LogP contribution in [-0.4, -0.2) is 39.9 Å². The lowest BCUT2D eigenvalue weighted by Crippen LogP contribution is -2.34. The van der Waals surface area contributed by atoms with Crippen LogP contribution in [0.4, 0.5) is 0 Å². The van der Waals surface area contributed by atoms with E-state index in [4.69, 9.17) is 23.2 Å². The SMILES string of the molecule is Oc1ccc(CCN(C[C@H](O)c2cccc(Cl)c2)C[C@H](O)c2cccc(Cl)c2)cc1. The van der Waals surface area contributed by atoms with Crippen molar-refractivity contribution in [3.8, 4) is 5.75 Å². The van der Waals surface area contributed by atoms with E-state index in [0.717, 1.165) is 16.7 Å². The number of aliphatic hydroxyl groups excluding tert-OH is 2. The lowest BCUT2D eigenvalue weighted by molar-refractivity contribution is 0.0694. The minimum Gasteiger partial charge on any atom is -0.508 e. The number of aromatic hydroxyl groups is 1. The maximum absolute atomic E-state index is 10.7. The van der Waals surface area contributed by atoms with E-state index in [0.29, 0.717) is 36.1 Å². The van der Waals surface area contributed by atoms with Crippen molar-refractivity contribution in [3.05, 3.63) is 99.5 Å². The third-order valence-corrected chi connectivity index (χ3v) is 5.45. The van der Waals surface area contributed by atoms with Crippen LogP contribution < -0.4 is 0 Å². The summed E-state index contributed by atoms with van der Waals surface area (Å²) in [7, 11) is 0. The molecule has 3 aromatic carbocycles. The molecule has 0 unspecified atom stereocenters. The number of phenolic OH excluding ortho intramolecular Hbond substituents is 1. The highest BCUT2D eigenvalue weighted by Gasteiger charge is 2.18. The monoisotopic (exact) mass is 445 g/mol. The number of nitrogens with zero attached hydrogens (tertiary/aromatic N) is 1. The van der Waals surface area contributed by atoms with Crippen molar-refractivity contribution in [1.29, 1.82) is 0 Å². The molecule has 0 saturated heterocycles. The highest BCUT2D eigenvalue weighted by atomic mass is 35.5. The van der Waals surface area contributed by atoms with Crippen molar-refractivity contribution in [3.63, 3.8) is 0 Å². The van der Waals surface area contributed by atoms with E-state index < -0.39 is 12.2 Å². The Bertz CT molecular complexity index is 896. The molecule has 0 saturated carbocycles. The molecule has 0 aliphatic heterocycles. The van der Waals surface area contributed by atoms with Crippen molar-refractivity contribution < 1.29 is 15.3 Å². The van der Waals surface area contributed by atoms with Gasteiger partial charge < -0.3 is 15.3 Å². The average Bonchev–Trinajstić information content (AvgIpc) is 2.73. The number of benzene rings is 3. The summed E-state index contributed by atoms with van der Waals surface area (Å²) >= 11 is 12.1. The van der Waals surface area contributed by atoms with Crippen LogP contribution in [0.1, 0.15) is 28.9 Å². The van der Waals surface area contributed by atoms with Gasteiger partial charge in [-0.05, 0) is 59.5 Å². The molecule has 0 aromatic heterocycles. The van der Waals surface area contributed by atoms with Gasteiger partial charge in [-0.25, -0.2) is 0 Å². The standard InChI is InChI=1S/C24H25Cl2NO3/c25-20-5-1-3-18(13-20)23(29)15-27(12-11-17-7-9-22(28)10-8-17)16-24(30)19-4-2-6-21(26)14-19/h1-10,13-14,23-24,28-30H,11-12,15-16H2/t23-,24-/m0/s1. The molecule has 0 aliphatic carbocycles. The average molecular weight is 446 g/mol. The van der Waals surface area contributed by atoms with Crippen LogP contribution in [-0.2, 0) is 6.42 Å². The van der Waals surface area contributed by atoms with E-state index in [2.05, 4.69) is 0 Å². The molecule has 30 heavy (non-hydrogen) atoms. The van der Waals surface area contributed by atoms with Crippen molar-refractivity contribution in [2.24, 2.45) is 0 Å². The first-order valence-corrected chi connectivity index (χ1v) is 10.5. The van der Waals surface area contributed by atoms with Gasteiger partial charge in [0.2, 0.25) is 0 Å². The number of phenols is 1. The third-order valence-electron chi connectivity index (χ3n) is 4.98. The summed E-state index contributed by atoms with van der Waals surface area (Å²) in [6.45, 7) is 1.31. The number of halogens is 2. The highest BCUT2D eigenvalue weighted by Crippen LogP contribution is 2.22. The third kappa shape index (κ3) is 6.73. The molecule has 4 nitrogen and oxygen atoms in total. The lowest BCUT2D eigenvalue weighted by Gasteiger charge is -2.28. The minimum absolute atomic E-state index is 0.225. The molecule has 0 amide bonds. The van der Waals surface area contributed by atoms with Crippen LogP contribution >= 0.6 is 23.2 Å². The number of aliphatic hydroxyl groups is 2. The second-order valence-corrected chi connectivity index (χ2v) is 8.19. The molecule has 3 rings (SSSR count). The van der Waals surface area contributed by atoms with Gasteiger partial charge in [-0.3, -0.25) is 4.90 Å². The summed E-state index contributed by atoms with van der Waals surface area (Å²) in [5.74, 6) is 0.225. The van der Waals surface area contributed by atoms with Crippen molar-refractivity contribution >= 4 is 23.2 Å². The summed E-state index contributed by atoms with van der Waals surface area (Å²) in [5, 5.41) is 32.1. The van der Waals surface area contributed by atoms with E-state index in [1.165, 1.54) is 0 Å². The Kier molecular flexibility index (Phi) is 8.14. The Hall–Kier alpha value is -2.08. The largest absolute Gasteiger partial charge is 0.508 e. The summed E-state index contributed by atoms with van der Waals surface area (Å²) in [5.41, 5.74) is 2.52. The molecule has 0 radical (unpaired) electrons. The van der Waals surface area contributed by atoms with Gasteiger partial charge in [0, 0.05) is 29.7 Å². The van der Waals surface area contributed by atoms with E-state index in [1.54, 1.807) is 36.4 Å². The molecule has 0 aliphatic rings. The van der Waals surface area contributed by atoms with Gasteiger partial charge >= 0.3 is 0 Å². The smallest absolute Gasteiger partial charge is 0.115 e. The van der Waals surface area contributed by atoms with Gasteiger partial charge in [-0.2, -0.15) is 0 Å². The maximum Gasteiger partial charge on any atom is 0.115 e. The fourth-order valence-corrected chi connectivity index (χ4v) is 3.73. The van der Waals surface area contributed by atoms with Crippen LogP contribution in [0.25, 0.3) is 0 Å². The zero-order chi connectivity index (χ0) is 21.5. The van der Waals surface area contributed by atoms with Gasteiger partial charge in [0.25, 0.3) is 0 Å². The summed E-state index contributed by atoms with van der Waals surface area (Å²) in [4.78, 5) is 2.02. The van der Waals surface area contributed by atoms with Crippen LogP contribution in [0.15, 0.2) is 72.8 Å². The molecule has 0 heterocycles. The van der Waals surface area contributed by atoms with Gasteiger partial charge in [0.05, 0.1) is 12.2 Å². The molecule has 158 valence electrons. The predicted molar refractivity (Wildman–Crippen MR) is 121 cm³/mol. The van der Waals surface area contributed by atoms with E-state index in [9.17, 15) is 15.3 Å². The Labute approximate surface area is 186 Å². The molecule has 0 bridgehead atoms. The number of hydrogen-bond acceptors (Lipinski definition) is 4. The van der Waals surface area contributed by atoms with Gasteiger partial charge in [0.1, 0.15) is 5.75 Å². The van der Waals surface area contributed by atoms with Gasteiger partial charge in [-0.1, -0.05) is 59.6 Å². The second-order valence-electron chi connectivity index (χ2n) is 7.32. The first-order chi connectivity index (χ1) is 14.4. The van der Waals surface area contributed by atoms with Crippen molar-refractivity contribution in [2.45, 2.75) is 18.6 Å². The Morgan fingerprint density at radius 1 is 0.733 bits per heavy atom. The van der Waals surface area contributed by atoms with E-state index in [1.807, 2.05) is 41.3 Å². The fraction of sp³-hybridized carbons (Fsp3) is 0.250. The number of rotatable bonds is 9. The van der Waals surface area contributed by atoms with Crippen molar-refractivity contribution in [2.75, 3.05) is 19.6 Å². The Balaban J connectivity index is 1.72. The highest BCUT2D eigenvalue weighted by molar-refractivity contribution is 6.30. The van der Waals surface area contributed by atoms with Gasteiger partial charge in [-0.15, -0.1) is 0 Å². The van der Waals surface area contributed by atoms with Crippen LogP contribution in [0, 0.1) is 0 Å². The Morgan fingerprint density at radius 2 is 1.23 bits per heavy atom. The van der Waals surface area contributed by atoms with Crippen LogP contribution in [0.2, 0.25) is 10.0 Å². The molecule has 3 N–H and O–H groups in total. The Morgan fingerprint density at radius 3 is 1.70 bits per heavy atom. The quantitative estimate of drug-likeness (QED) is 0.433. The predicted octanol–water partition coefficient (Wildman–Crippen LogP) is 5.01. The molecule has 6 heteroatoms. The molecule has 3 aromatic rings. The normalized spacial score (nSPS) is 13.4. The number of hydrogen-bond donors (Lipinski definition) is 3. The summed E-state index contributed by atoms with van der Waals surface area (Å²) in [6, 6.07) is 21.4.